The molecule has 1 unspecified atom stereocenters. The minimum atomic E-state index is -1.35. The molecule has 0 radical (unpaired) electrons. The highest BCUT2D eigenvalue weighted by Gasteiger charge is 2.26. The van der Waals surface area contributed by atoms with Gasteiger partial charge >= 0.3 is 5.97 Å². The van der Waals surface area contributed by atoms with Crippen molar-refractivity contribution in [2.45, 2.75) is 12.8 Å². The molecule has 1 saturated heterocycles. The normalized spacial score (nSPS) is 24.5. The minimum absolute atomic E-state index is 0.269. The average molecular weight is 158 g/mol. The molecule has 4 nitrogen and oxygen atoms in total. The zero-order valence-corrected chi connectivity index (χ0v) is 6.08. The fraction of sp³-hybridized carbons (Fsp3) is 0.714. The first kappa shape index (κ1) is 8.20. The van der Waals surface area contributed by atoms with Crippen LogP contribution < -0.4 is 0 Å². The maximum absolute atomic E-state index is 10.8. The average Bonchev–Trinajstić information content (AvgIpc) is 2.05. The highest BCUT2D eigenvalue weighted by molar-refractivity contribution is 6.33. The lowest BCUT2D eigenvalue weighted by molar-refractivity contribution is -0.153. The SMILES string of the molecule is O=C(O)C(=O)C1CCCOC1. The van der Waals surface area contributed by atoms with Crippen molar-refractivity contribution in [2.75, 3.05) is 13.2 Å². The second-order valence-electron chi connectivity index (χ2n) is 2.58. The number of hydrogen-bond donors (Lipinski definition) is 1. The summed E-state index contributed by atoms with van der Waals surface area (Å²) in [6.45, 7) is 0.911. The van der Waals surface area contributed by atoms with Crippen LogP contribution in [-0.2, 0) is 14.3 Å². The third kappa shape index (κ3) is 2.01. The molecular formula is C7H10O4. The Hall–Kier alpha value is -0.900. The zero-order valence-electron chi connectivity index (χ0n) is 6.08. The Morgan fingerprint density at radius 2 is 2.18 bits per heavy atom. The van der Waals surface area contributed by atoms with Crippen molar-refractivity contribution in [1.82, 2.24) is 0 Å². The quantitative estimate of drug-likeness (QED) is 0.577. The summed E-state index contributed by atoms with van der Waals surface area (Å²) in [6, 6.07) is 0. The van der Waals surface area contributed by atoms with Gasteiger partial charge in [0.15, 0.2) is 0 Å². The molecule has 0 aromatic heterocycles. The molecule has 4 heteroatoms. The topological polar surface area (TPSA) is 63.6 Å². The lowest BCUT2D eigenvalue weighted by Gasteiger charge is -2.18. The molecule has 1 fully saturated rings. The van der Waals surface area contributed by atoms with Crippen LogP contribution in [-0.4, -0.2) is 30.1 Å². The van der Waals surface area contributed by atoms with Gasteiger partial charge in [-0.25, -0.2) is 4.79 Å². The van der Waals surface area contributed by atoms with Crippen LogP contribution in [0.2, 0.25) is 0 Å². The predicted octanol–water partition coefficient (Wildman–Crippen LogP) is 0.0667. The first-order chi connectivity index (χ1) is 5.22. The van der Waals surface area contributed by atoms with Gasteiger partial charge in [0.25, 0.3) is 0 Å². The standard InChI is InChI=1S/C7H10O4/c8-6(7(9)10)5-2-1-3-11-4-5/h5H,1-4H2,(H,9,10). The number of hydrogen-bond acceptors (Lipinski definition) is 3. The molecule has 1 N–H and O–H groups in total. The molecule has 0 aliphatic carbocycles. The van der Waals surface area contributed by atoms with E-state index in [4.69, 9.17) is 9.84 Å². The fourth-order valence-electron chi connectivity index (χ4n) is 1.12. The van der Waals surface area contributed by atoms with E-state index in [-0.39, 0.29) is 6.61 Å². The third-order valence-electron chi connectivity index (χ3n) is 1.74. The number of carbonyl (C=O) groups excluding carboxylic acids is 1. The Labute approximate surface area is 64.2 Å². The smallest absolute Gasteiger partial charge is 0.372 e. The highest BCUT2D eigenvalue weighted by Crippen LogP contribution is 2.14. The van der Waals surface area contributed by atoms with E-state index in [1.165, 1.54) is 0 Å². The molecule has 0 bridgehead atoms. The summed E-state index contributed by atoms with van der Waals surface area (Å²) in [4.78, 5) is 21.0. The second kappa shape index (κ2) is 3.48. The number of aliphatic carboxylic acids is 1. The Morgan fingerprint density at radius 3 is 2.64 bits per heavy atom. The van der Waals surface area contributed by atoms with Crippen molar-refractivity contribution in [3.63, 3.8) is 0 Å². The summed E-state index contributed by atoms with van der Waals surface area (Å²) in [6.07, 6.45) is 1.43. The Kier molecular flexibility index (Phi) is 2.59. The highest BCUT2D eigenvalue weighted by atomic mass is 16.5. The van der Waals surface area contributed by atoms with Crippen molar-refractivity contribution in [3.05, 3.63) is 0 Å². The van der Waals surface area contributed by atoms with Gasteiger partial charge in [0, 0.05) is 6.61 Å². The van der Waals surface area contributed by atoms with E-state index >= 15 is 0 Å². The molecule has 0 aromatic carbocycles. The number of ketones is 1. The molecule has 0 saturated carbocycles. The fourth-order valence-corrected chi connectivity index (χ4v) is 1.12. The maximum Gasteiger partial charge on any atom is 0.372 e. The minimum Gasteiger partial charge on any atom is -0.475 e. The van der Waals surface area contributed by atoms with E-state index in [9.17, 15) is 9.59 Å². The molecule has 0 amide bonds. The molecule has 62 valence electrons. The molecule has 1 aliphatic rings. The lowest BCUT2D eigenvalue weighted by atomic mass is 9.98. The number of rotatable bonds is 2. The van der Waals surface area contributed by atoms with Gasteiger partial charge in [0.1, 0.15) is 0 Å². The molecule has 1 rings (SSSR count). The number of carbonyl (C=O) groups is 2. The molecule has 1 heterocycles. The summed E-state index contributed by atoms with van der Waals surface area (Å²) >= 11 is 0. The maximum atomic E-state index is 10.8. The predicted molar refractivity (Wildman–Crippen MR) is 36.2 cm³/mol. The van der Waals surface area contributed by atoms with Crippen LogP contribution in [0.4, 0.5) is 0 Å². The second-order valence-corrected chi connectivity index (χ2v) is 2.58. The van der Waals surface area contributed by atoms with Gasteiger partial charge in [-0.2, -0.15) is 0 Å². The van der Waals surface area contributed by atoms with Crippen LogP contribution in [0.25, 0.3) is 0 Å². The van der Waals surface area contributed by atoms with Gasteiger partial charge in [-0.05, 0) is 12.8 Å². The van der Waals surface area contributed by atoms with E-state index in [0.29, 0.717) is 13.0 Å². The number of carboxylic acid groups (broad SMARTS) is 1. The van der Waals surface area contributed by atoms with Gasteiger partial charge < -0.3 is 9.84 Å². The molecule has 0 spiro atoms. The first-order valence-corrected chi connectivity index (χ1v) is 3.56. The van der Waals surface area contributed by atoms with Crippen molar-refractivity contribution < 1.29 is 19.4 Å². The van der Waals surface area contributed by atoms with Crippen molar-refractivity contribution in [2.24, 2.45) is 5.92 Å². The van der Waals surface area contributed by atoms with Gasteiger partial charge in [0.2, 0.25) is 5.78 Å². The van der Waals surface area contributed by atoms with Crippen LogP contribution in [0, 0.1) is 5.92 Å². The summed E-state index contributed by atoms with van der Waals surface area (Å²) in [5, 5.41) is 8.33. The third-order valence-corrected chi connectivity index (χ3v) is 1.74. The Bertz CT molecular complexity index is 169. The van der Waals surface area contributed by atoms with Crippen LogP contribution in [0.3, 0.4) is 0 Å². The molecule has 0 aromatic rings. The van der Waals surface area contributed by atoms with E-state index in [2.05, 4.69) is 0 Å². The Morgan fingerprint density at radius 1 is 1.45 bits per heavy atom. The van der Waals surface area contributed by atoms with Gasteiger partial charge in [-0.1, -0.05) is 0 Å². The zero-order chi connectivity index (χ0) is 8.27. The van der Waals surface area contributed by atoms with Crippen LogP contribution >= 0.6 is 0 Å². The van der Waals surface area contributed by atoms with Gasteiger partial charge in [0.05, 0.1) is 12.5 Å². The molecule has 11 heavy (non-hydrogen) atoms. The van der Waals surface area contributed by atoms with Crippen LogP contribution in [0.5, 0.6) is 0 Å². The molecule has 1 atom stereocenters. The van der Waals surface area contributed by atoms with E-state index in [0.717, 1.165) is 6.42 Å². The summed E-state index contributed by atoms with van der Waals surface area (Å²) in [5.74, 6) is -2.48. The summed E-state index contributed by atoms with van der Waals surface area (Å²) < 4.78 is 4.97. The number of ether oxygens (including phenoxy) is 1. The number of Topliss-reactive ketones (excluding diaryl/α,β-unsaturated/α-hetero) is 1. The van der Waals surface area contributed by atoms with Crippen molar-refractivity contribution in [1.29, 1.82) is 0 Å². The lowest BCUT2D eigenvalue weighted by Crippen LogP contribution is -2.30. The van der Waals surface area contributed by atoms with E-state index in [1.807, 2.05) is 0 Å². The van der Waals surface area contributed by atoms with E-state index in [1.54, 1.807) is 0 Å². The largest absolute Gasteiger partial charge is 0.475 e. The Balaban J connectivity index is 2.45. The summed E-state index contributed by atoms with van der Waals surface area (Å²) in [7, 11) is 0. The number of carboxylic acids is 1. The van der Waals surface area contributed by atoms with Crippen LogP contribution in [0.1, 0.15) is 12.8 Å². The first-order valence-electron chi connectivity index (χ1n) is 3.56. The molecular weight excluding hydrogens is 148 g/mol. The van der Waals surface area contributed by atoms with E-state index < -0.39 is 17.7 Å². The summed E-state index contributed by atoms with van der Waals surface area (Å²) in [5.41, 5.74) is 0. The van der Waals surface area contributed by atoms with Gasteiger partial charge in [-0.3, -0.25) is 4.79 Å². The van der Waals surface area contributed by atoms with Crippen molar-refractivity contribution >= 4 is 11.8 Å². The van der Waals surface area contributed by atoms with Gasteiger partial charge in [-0.15, -0.1) is 0 Å². The van der Waals surface area contributed by atoms with Crippen molar-refractivity contribution in [3.8, 4) is 0 Å². The molecule has 1 aliphatic heterocycles. The monoisotopic (exact) mass is 158 g/mol. The van der Waals surface area contributed by atoms with Crippen LogP contribution in [0.15, 0.2) is 0 Å².